The summed E-state index contributed by atoms with van der Waals surface area (Å²) in [6, 6.07) is 11.2. The van der Waals surface area contributed by atoms with E-state index in [1.54, 1.807) is 0 Å². The molecule has 0 spiro atoms. The van der Waals surface area contributed by atoms with Gasteiger partial charge in [-0.3, -0.25) is 0 Å². The number of benzene rings is 2. The third-order valence-corrected chi connectivity index (χ3v) is 5.21. The van der Waals surface area contributed by atoms with Crippen LogP contribution < -0.4 is 9.46 Å². The van der Waals surface area contributed by atoms with Gasteiger partial charge in [0.1, 0.15) is 5.75 Å². The van der Waals surface area contributed by atoms with E-state index in [2.05, 4.69) is 4.72 Å². The molecule has 7 heteroatoms. The molecule has 0 radical (unpaired) electrons. The number of rotatable bonds is 6. The Morgan fingerprint density at radius 2 is 1.69 bits per heavy atom. The molecule has 0 saturated heterocycles. The van der Waals surface area contributed by atoms with Gasteiger partial charge in [0.05, 0.1) is 16.5 Å². The minimum atomic E-state index is -3.71. The summed E-state index contributed by atoms with van der Waals surface area (Å²) in [5, 5.41) is 8.47. The Balaban J connectivity index is 2.16. The zero-order valence-electron chi connectivity index (χ0n) is 14.9. The molecule has 0 aliphatic heterocycles. The van der Waals surface area contributed by atoms with Gasteiger partial charge >= 0.3 is 5.97 Å². The summed E-state index contributed by atoms with van der Waals surface area (Å²) in [4.78, 5) is 12.4. The Morgan fingerprint density at radius 3 is 2.23 bits per heavy atom. The van der Waals surface area contributed by atoms with Crippen LogP contribution >= 0.6 is 0 Å². The number of aryl methyl sites for hydroxylation is 3. The lowest BCUT2D eigenvalue weighted by Crippen LogP contribution is -2.24. The second kappa shape index (κ2) is 8.13. The van der Waals surface area contributed by atoms with Crippen LogP contribution in [0.4, 0.5) is 0 Å². The summed E-state index contributed by atoms with van der Waals surface area (Å²) >= 11 is 0. The standard InChI is InChI=1S/C19H20N2O4S/c1-13-11-14(2)18(15(3)12-13)25-19(22)16-5-7-17(8-6-16)26(23,24)21-10-4-9-20/h5-8,11-12,21H,4,10H2,1-3H3. The zero-order valence-corrected chi connectivity index (χ0v) is 15.7. The van der Waals surface area contributed by atoms with Gasteiger partial charge in [0, 0.05) is 13.0 Å². The van der Waals surface area contributed by atoms with E-state index < -0.39 is 16.0 Å². The van der Waals surface area contributed by atoms with Gasteiger partial charge in [-0.25, -0.2) is 17.9 Å². The molecule has 1 N–H and O–H groups in total. The molecule has 0 atom stereocenters. The molecule has 0 aromatic heterocycles. The molecule has 0 heterocycles. The number of sulfonamides is 1. The van der Waals surface area contributed by atoms with Crippen molar-refractivity contribution >= 4 is 16.0 Å². The molecule has 0 saturated carbocycles. The largest absolute Gasteiger partial charge is 0.422 e. The van der Waals surface area contributed by atoms with Crippen molar-refractivity contribution in [3.05, 3.63) is 58.7 Å². The number of esters is 1. The SMILES string of the molecule is Cc1cc(C)c(OC(=O)c2ccc(S(=O)(=O)NCCC#N)cc2)c(C)c1. The summed E-state index contributed by atoms with van der Waals surface area (Å²) in [7, 11) is -3.71. The van der Waals surface area contributed by atoms with E-state index in [1.165, 1.54) is 24.3 Å². The van der Waals surface area contributed by atoms with Crippen LogP contribution in [0.3, 0.4) is 0 Å². The van der Waals surface area contributed by atoms with E-state index >= 15 is 0 Å². The third-order valence-electron chi connectivity index (χ3n) is 3.73. The first-order valence-electron chi connectivity index (χ1n) is 8.01. The molecule has 26 heavy (non-hydrogen) atoms. The molecule has 2 aromatic carbocycles. The Bertz CT molecular complexity index is 935. The summed E-state index contributed by atoms with van der Waals surface area (Å²) in [6.45, 7) is 5.74. The minimum Gasteiger partial charge on any atom is -0.422 e. The van der Waals surface area contributed by atoms with Gasteiger partial charge in [-0.15, -0.1) is 0 Å². The van der Waals surface area contributed by atoms with Crippen LogP contribution in [-0.2, 0) is 10.0 Å². The van der Waals surface area contributed by atoms with Crippen LogP contribution in [0.5, 0.6) is 5.75 Å². The maximum absolute atomic E-state index is 12.4. The fourth-order valence-corrected chi connectivity index (χ4v) is 3.61. The van der Waals surface area contributed by atoms with Crippen molar-refractivity contribution in [1.29, 1.82) is 5.26 Å². The van der Waals surface area contributed by atoms with Crippen LogP contribution in [0.15, 0.2) is 41.3 Å². The second-order valence-electron chi connectivity index (χ2n) is 5.95. The van der Waals surface area contributed by atoms with Crippen LogP contribution in [0.2, 0.25) is 0 Å². The number of carbonyl (C=O) groups is 1. The summed E-state index contributed by atoms with van der Waals surface area (Å²) < 4.78 is 31.9. The van der Waals surface area contributed by atoms with E-state index in [1.807, 2.05) is 39.0 Å². The first-order chi connectivity index (χ1) is 12.2. The van der Waals surface area contributed by atoms with Crippen LogP contribution in [0, 0.1) is 32.1 Å². The smallest absolute Gasteiger partial charge is 0.343 e. The summed E-state index contributed by atoms with van der Waals surface area (Å²) in [5.74, 6) is -0.0445. The van der Waals surface area contributed by atoms with Crippen molar-refractivity contribution in [3.63, 3.8) is 0 Å². The zero-order chi connectivity index (χ0) is 19.3. The maximum Gasteiger partial charge on any atom is 0.343 e. The van der Waals surface area contributed by atoms with E-state index in [4.69, 9.17) is 10.00 Å². The number of nitrogens with one attached hydrogen (secondary N) is 1. The lowest BCUT2D eigenvalue weighted by molar-refractivity contribution is 0.0732. The molecule has 6 nitrogen and oxygen atoms in total. The van der Waals surface area contributed by atoms with Crippen LogP contribution in [0.1, 0.15) is 33.5 Å². The van der Waals surface area contributed by atoms with Crippen molar-refractivity contribution in [2.24, 2.45) is 0 Å². The average Bonchev–Trinajstić information content (AvgIpc) is 2.58. The van der Waals surface area contributed by atoms with Gasteiger partial charge in [-0.2, -0.15) is 5.26 Å². The molecular weight excluding hydrogens is 352 g/mol. The highest BCUT2D eigenvalue weighted by Crippen LogP contribution is 2.25. The van der Waals surface area contributed by atoms with Gasteiger partial charge in [0.25, 0.3) is 0 Å². The monoisotopic (exact) mass is 372 g/mol. The van der Waals surface area contributed by atoms with Crippen molar-refractivity contribution in [3.8, 4) is 11.8 Å². The molecule has 0 amide bonds. The highest BCUT2D eigenvalue weighted by Gasteiger charge is 2.16. The van der Waals surface area contributed by atoms with E-state index in [0.29, 0.717) is 5.75 Å². The fraction of sp³-hybridized carbons (Fsp3) is 0.263. The molecule has 0 aliphatic carbocycles. The molecule has 0 unspecified atom stereocenters. The fourth-order valence-electron chi connectivity index (χ4n) is 2.57. The first-order valence-corrected chi connectivity index (χ1v) is 9.49. The number of nitriles is 1. The lowest BCUT2D eigenvalue weighted by atomic mass is 10.1. The van der Waals surface area contributed by atoms with Crippen LogP contribution in [0.25, 0.3) is 0 Å². The summed E-state index contributed by atoms with van der Waals surface area (Å²) in [6.07, 6.45) is 0.0822. The number of nitrogens with zero attached hydrogens (tertiary/aromatic N) is 1. The van der Waals surface area contributed by atoms with Crippen molar-refractivity contribution in [2.75, 3.05) is 6.54 Å². The average molecular weight is 372 g/mol. The Hall–Kier alpha value is -2.69. The number of carbonyl (C=O) groups excluding carboxylic acids is 1. The van der Waals surface area contributed by atoms with E-state index in [0.717, 1.165) is 16.7 Å². The van der Waals surface area contributed by atoms with Gasteiger partial charge in [0.15, 0.2) is 0 Å². The molecule has 0 fully saturated rings. The predicted octanol–water partition coefficient (Wildman–Crippen LogP) is 3.02. The van der Waals surface area contributed by atoms with Gasteiger partial charge in [-0.1, -0.05) is 17.7 Å². The maximum atomic E-state index is 12.4. The molecule has 136 valence electrons. The lowest BCUT2D eigenvalue weighted by Gasteiger charge is -2.12. The molecule has 2 aromatic rings. The quantitative estimate of drug-likeness (QED) is 0.478. The van der Waals surface area contributed by atoms with Gasteiger partial charge in [-0.05, 0) is 56.2 Å². The van der Waals surface area contributed by atoms with E-state index in [9.17, 15) is 13.2 Å². The third kappa shape index (κ3) is 4.69. The van der Waals surface area contributed by atoms with Gasteiger partial charge in [0.2, 0.25) is 10.0 Å². The number of hydrogen-bond acceptors (Lipinski definition) is 5. The highest BCUT2D eigenvalue weighted by molar-refractivity contribution is 7.89. The van der Waals surface area contributed by atoms with Gasteiger partial charge < -0.3 is 4.74 Å². The topological polar surface area (TPSA) is 96.3 Å². The predicted molar refractivity (Wildman–Crippen MR) is 97.5 cm³/mol. The highest BCUT2D eigenvalue weighted by atomic mass is 32.2. The molecule has 0 aliphatic rings. The second-order valence-corrected chi connectivity index (χ2v) is 7.71. The van der Waals surface area contributed by atoms with Crippen LogP contribution in [-0.4, -0.2) is 20.9 Å². The van der Waals surface area contributed by atoms with E-state index in [-0.39, 0.29) is 23.4 Å². The number of hydrogen-bond donors (Lipinski definition) is 1. The Morgan fingerprint density at radius 1 is 1.12 bits per heavy atom. The Labute approximate surface area is 153 Å². The normalized spacial score (nSPS) is 11.0. The molecular formula is C19H20N2O4S. The van der Waals surface area contributed by atoms with Crippen molar-refractivity contribution < 1.29 is 17.9 Å². The van der Waals surface area contributed by atoms with Crippen molar-refractivity contribution in [1.82, 2.24) is 4.72 Å². The molecule has 0 bridgehead atoms. The van der Waals surface area contributed by atoms with Crippen molar-refractivity contribution in [2.45, 2.75) is 32.1 Å². The molecule has 2 rings (SSSR count). The Kier molecular flexibility index (Phi) is 6.14. The summed E-state index contributed by atoms with van der Waals surface area (Å²) in [5.41, 5.74) is 3.05. The number of ether oxygens (including phenoxy) is 1. The first kappa shape index (κ1) is 19.6. The minimum absolute atomic E-state index is 0.0229.